The van der Waals surface area contributed by atoms with Crippen LogP contribution in [0.15, 0.2) is 0 Å². The lowest BCUT2D eigenvalue weighted by atomic mass is 10.1. The SMILES string of the molecule is CC(C)(C)OC(=O)CN1CCN(CC(=O)OC(C)(C)C)CCN([C@H](CCC(=O)O)C(=O)OC(C)(C)C)CCN(CC(=O)OC(C)(C)C)CC1.O=C(O)CN1CCN(CC(=O)O)CCN([C@H](CCC(=O)Oc2c(F)c(F)c(F)c(F)c2F)C(=O)O)CCN(CC(=O)O)CC1. The molecule has 2 aliphatic heterocycles. The number of carbonyl (C=O) groups is 10. The quantitative estimate of drug-likeness (QED) is 0.0263. The van der Waals surface area contributed by atoms with Crippen molar-refractivity contribution < 1.29 is 119 Å². The Morgan fingerprint density at radius 1 is 0.344 bits per heavy atom. The highest BCUT2D eigenvalue weighted by atomic mass is 19.2. The lowest BCUT2D eigenvalue weighted by Crippen LogP contribution is -2.53. The van der Waals surface area contributed by atoms with E-state index in [1.54, 1.807) is 83.1 Å². The van der Waals surface area contributed by atoms with Gasteiger partial charge in [-0.05, 0) is 95.9 Å². The molecule has 0 saturated carbocycles. The highest BCUT2D eigenvalue weighted by Gasteiger charge is 2.35. The van der Waals surface area contributed by atoms with E-state index in [-0.39, 0.29) is 90.8 Å². The molecule has 3 rings (SSSR count). The zero-order chi connectivity index (χ0) is 70.9. The summed E-state index contributed by atoms with van der Waals surface area (Å²) in [6.45, 7) is 22.8. The van der Waals surface area contributed by atoms with Crippen molar-refractivity contribution in [2.24, 2.45) is 0 Å². The molecule has 0 spiro atoms. The van der Waals surface area contributed by atoms with Crippen molar-refractivity contribution >= 4 is 59.7 Å². The van der Waals surface area contributed by atoms with Crippen LogP contribution in [0.3, 0.4) is 0 Å². The maximum Gasteiger partial charge on any atom is 0.323 e. The highest BCUT2D eigenvalue weighted by Crippen LogP contribution is 2.30. The summed E-state index contributed by atoms with van der Waals surface area (Å²) < 4.78 is 94.9. The van der Waals surface area contributed by atoms with E-state index in [4.69, 9.17) is 18.9 Å². The summed E-state index contributed by atoms with van der Waals surface area (Å²) in [5.41, 5.74) is -2.83. The van der Waals surface area contributed by atoms with E-state index in [0.29, 0.717) is 52.4 Å². The minimum absolute atomic E-state index is 0.0137. The first-order chi connectivity index (χ1) is 42.8. The first-order valence-electron chi connectivity index (χ1n) is 30.3. The second-order valence-corrected chi connectivity index (χ2v) is 26.4. The molecule has 1 aromatic carbocycles. The van der Waals surface area contributed by atoms with Crippen molar-refractivity contribution in [3.63, 3.8) is 0 Å². The molecule has 0 amide bonds. The van der Waals surface area contributed by atoms with Crippen molar-refractivity contribution in [1.29, 1.82) is 0 Å². The Morgan fingerprint density at radius 3 is 0.871 bits per heavy atom. The van der Waals surface area contributed by atoms with Crippen LogP contribution in [-0.4, -0.2) is 303 Å². The predicted molar refractivity (Wildman–Crippen MR) is 321 cm³/mol. The Balaban J connectivity index is 0.000000637. The van der Waals surface area contributed by atoms with Crippen LogP contribution < -0.4 is 4.74 Å². The number of halogens is 5. The van der Waals surface area contributed by atoms with Gasteiger partial charge < -0.3 is 49.2 Å². The van der Waals surface area contributed by atoms with Crippen LogP contribution in [0.4, 0.5) is 22.0 Å². The Hall–Kier alpha value is -6.75. The third-order valence-corrected chi connectivity index (χ3v) is 13.6. The average Bonchev–Trinajstić information content (AvgIpc) is 0.814. The number of rotatable bonds is 23. The van der Waals surface area contributed by atoms with Gasteiger partial charge in [0.15, 0.2) is 0 Å². The predicted octanol–water partition coefficient (Wildman–Crippen LogP) is 2.80. The molecule has 2 fully saturated rings. The number of aliphatic carboxylic acids is 5. The fourth-order valence-corrected chi connectivity index (χ4v) is 9.56. The number of hydrogen-bond donors (Lipinski definition) is 5. The molecule has 5 N–H and O–H groups in total. The fraction of sp³-hybridized carbons (Fsp3) is 0.733. The summed E-state index contributed by atoms with van der Waals surface area (Å²) in [6.07, 6.45) is -1.65. The van der Waals surface area contributed by atoms with Crippen LogP contribution in [0, 0.1) is 29.1 Å². The lowest BCUT2D eigenvalue weighted by Gasteiger charge is -2.37. The standard InChI is InChI=1S/C35H64N4O10.C25H31F5N4O10/c1-32(2,3)46-28(42)23-36-15-17-37(24-29(43)47-33(4,5)6)19-21-39(26(13-14-27(40)41)31(45)49-35(10,11)12)22-20-38(18-16-36)25-30(44)48-34(7,8)9;26-19-20(27)22(29)24(23(30)21(19)28)44-18(41)2-1-14(25(42)43)34-9-7-32(12-16(37)38)5-3-31(11-15(35)36)4-6-33(8-10-34)13-17(39)40/h26H,13-25H2,1-12H3,(H,40,41);14H,1-13H2,(H,35,36)(H,37,38)(H,39,40)(H,42,43)/t26-;14-/m11/s1. The number of benzene rings is 1. The second kappa shape index (κ2) is 38.0. The third-order valence-electron chi connectivity index (χ3n) is 13.6. The molecule has 0 radical (unpaired) electrons. The molecule has 28 nitrogen and oxygen atoms in total. The first-order valence-corrected chi connectivity index (χ1v) is 30.3. The summed E-state index contributed by atoms with van der Waals surface area (Å²) >= 11 is 0. The minimum atomic E-state index is -2.47. The summed E-state index contributed by atoms with van der Waals surface area (Å²) in [4.78, 5) is 136. The van der Waals surface area contributed by atoms with Crippen molar-refractivity contribution in [3.8, 4) is 5.75 Å². The molecule has 1 aromatic rings. The van der Waals surface area contributed by atoms with Crippen LogP contribution in [-0.2, 0) is 66.9 Å². The molecule has 0 aliphatic carbocycles. The molecule has 33 heteroatoms. The van der Waals surface area contributed by atoms with Gasteiger partial charge >= 0.3 is 59.7 Å². The van der Waals surface area contributed by atoms with Crippen molar-refractivity contribution in [1.82, 2.24) is 39.2 Å². The molecule has 2 heterocycles. The molecule has 530 valence electrons. The van der Waals surface area contributed by atoms with E-state index in [9.17, 15) is 95.4 Å². The average molecular weight is 1340 g/mol. The number of esters is 5. The van der Waals surface area contributed by atoms with E-state index in [1.165, 1.54) is 19.6 Å². The fourth-order valence-electron chi connectivity index (χ4n) is 9.56. The molecule has 93 heavy (non-hydrogen) atoms. The van der Waals surface area contributed by atoms with Crippen molar-refractivity contribution in [2.45, 2.75) is 143 Å². The summed E-state index contributed by atoms with van der Waals surface area (Å²) in [6, 6.07) is -2.39. The van der Waals surface area contributed by atoms with Crippen molar-refractivity contribution in [3.05, 3.63) is 29.1 Å². The van der Waals surface area contributed by atoms with Gasteiger partial charge in [-0.2, -0.15) is 8.78 Å². The van der Waals surface area contributed by atoms with Gasteiger partial charge in [-0.1, -0.05) is 0 Å². The molecule has 2 atom stereocenters. The molecule has 0 aromatic heterocycles. The topological polar surface area (TPSA) is 344 Å². The second-order valence-electron chi connectivity index (χ2n) is 26.4. The third kappa shape index (κ3) is 34.3. The normalized spacial score (nSPS) is 17.7. The Bertz CT molecular complexity index is 2600. The van der Waals surface area contributed by atoms with Gasteiger partial charge in [-0.3, -0.25) is 87.1 Å². The number of carbonyl (C=O) groups excluding carboxylic acids is 5. The Labute approximate surface area is 538 Å². The minimum Gasteiger partial charge on any atom is -0.481 e. The van der Waals surface area contributed by atoms with Crippen LogP contribution in [0.25, 0.3) is 0 Å². The number of hydrogen-bond acceptors (Lipinski definition) is 23. The summed E-state index contributed by atoms with van der Waals surface area (Å²) in [7, 11) is 0. The summed E-state index contributed by atoms with van der Waals surface area (Å²) in [5.74, 6) is -23.2. The van der Waals surface area contributed by atoms with E-state index in [0.717, 1.165) is 0 Å². The molecule has 0 bridgehead atoms. The summed E-state index contributed by atoms with van der Waals surface area (Å²) in [5, 5.41) is 47.3. The molecule has 2 saturated heterocycles. The van der Waals surface area contributed by atoms with Crippen LogP contribution in [0.1, 0.15) is 109 Å². The van der Waals surface area contributed by atoms with E-state index in [2.05, 4.69) is 4.74 Å². The van der Waals surface area contributed by atoms with Gasteiger partial charge in [0, 0.05) is 118 Å². The van der Waals surface area contributed by atoms with Crippen LogP contribution in [0.2, 0.25) is 0 Å². The van der Waals surface area contributed by atoms with Gasteiger partial charge in [0.05, 0.1) is 39.3 Å². The number of carboxylic acid groups (broad SMARTS) is 5. The molecular formula is C60H95F5N8O20. The molecular weight excluding hydrogens is 1250 g/mol. The van der Waals surface area contributed by atoms with Crippen molar-refractivity contribution in [2.75, 3.05) is 144 Å². The van der Waals surface area contributed by atoms with Gasteiger partial charge in [-0.15, -0.1) is 0 Å². The van der Waals surface area contributed by atoms with Gasteiger partial charge in [0.25, 0.3) is 0 Å². The molecule has 0 unspecified atom stereocenters. The van der Waals surface area contributed by atoms with E-state index in [1.807, 2.05) is 19.6 Å². The first kappa shape index (κ1) is 82.3. The maximum absolute atomic E-state index is 13.9. The van der Waals surface area contributed by atoms with Crippen LogP contribution >= 0.6 is 0 Å². The van der Waals surface area contributed by atoms with Gasteiger partial charge in [-0.25, -0.2) is 13.2 Å². The Morgan fingerprint density at radius 2 is 0.602 bits per heavy atom. The number of carboxylic acids is 5. The number of nitrogens with zero attached hydrogens (tertiary/aromatic N) is 8. The molecule has 2 aliphatic rings. The highest BCUT2D eigenvalue weighted by molar-refractivity contribution is 5.78. The lowest BCUT2D eigenvalue weighted by molar-refractivity contribution is -0.163. The van der Waals surface area contributed by atoms with E-state index >= 15 is 0 Å². The smallest absolute Gasteiger partial charge is 0.323 e. The maximum atomic E-state index is 13.9. The monoisotopic (exact) mass is 1340 g/mol. The largest absolute Gasteiger partial charge is 0.481 e. The zero-order valence-electron chi connectivity index (χ0n) is 55.4. The Kier molecular flexibility index (Phi) is 33.6. The van der Waals surface area contributed by atoms with Gasteiger partial charge in [0.2, 0.25) is 34.8 Å². The van der Waals surface area contributed by atoms with E-state index < -0.39 is 156 Å². The zero-order valence-corrected chi connectivity index (χ0v) is 55.4. The van der Waals surface area contributed by atoms with Crippen LogP contribution in [0.5, 0.6) is 5.75 Å². The number of ether oxygens (including phenoxy) is 5. The van der Waals surface area contributed by atoms with Gasteiger partial charge in [0.1, 0.15) is 34.5 Å².